The first-order chi connectivity index (χ1) is 13.3. The lowest BCUT2D eigenvalue weighted by molar-refractivity contribution is 0.326. The van der Waals surface area contributed by atoms with E-state index in [1.54, 1.807) is 0 Å². The molecule has 0 unspecified atom stereocenters. The highest BCUT2D eigenvalue weighted by molar-refractivity contribution is 6.02. The summed E-state index contributed by atoms with van der Waals surface area (Å²) < 4.78 is 11.3. The van der Waals surface area contributed by atoms with Crippen molar-refractivity contribution < 1.29 is 9.26 Å². The van der Waals surface area contributed by atoms with Gasteiger partial charge in [0, 0.05) is 6.42 Å². The first-order valence-electron chi connectivity index (χ1n) is 8.97. The van der Waals surface area contributed by atoms with E-state index in [9.17, 15) is 0 Å². The minimum absolute atomic E-state index is 0.358. The van der Waals surface area contributed by atoms with E-state index in [-0.39, 0.29) is 0 Å². The van der Waals surface area contributed by atoms with E-state index < -0.39 is 0 Å². The molecule has 5 rings (SSSR count). The van der Waals surface area contributed by atoms with Gasteiger partial charge in [0.2, 0.25) is 0 Å². The van der Waals surface area contributed by atoms with Gasteiger partial charge >= 0.3 is 0 Å². The number of ether oxygens (including phenoxy) is 1. The van der Waals surface area contributed by atoms with Gasteiger partial charge < -0.3 is 15.0 Å². The Hall–Kier alpha value is -3.53. The van der Waals surface area contributed by atoms with E-state index in [1.165, 1.54) is 27.1 Å². The number of nitrogen functional groups attached to an aromatic ring is 1. The average molecular weight is 354 g/mol. The van der Waals surface area contributed by atoms with Crippen molar-refractivity contribution in [3.05, 3.63) is 78.4 Å². The maximum Gasteiger partial charge on any atom is 0.178 e. The number of benzene rings is 4. The van der Waals surface area contributed by atoms with Crippen molar-refractivity contribution in [3.63, 3.8) is 0 Å². The van der Waals surface area contributed by atoms with Gasteiger partial charge in [0.05, 0.1) is 6.61 Å². The molecule has 5 aromatic rings. The second-order valence-corrected chi connectivity index (χ2v) is 6.59. The molecule has 0 aliphatic rings. The number of nitrogens with zero attached hydrogens (tertiary/aromatic N) is 1. The largest absolute Gasteiger partial charge is 0.492 e. The van der Waals surface area contributed by atoms with E-state index in [0.29, 0.717) is 23.8 Å². The molecular formula is C23H18N2O2. The number of nitrogens with two attached hydrogens (primary N) is 1. The van der Waals surface area contributed by atoms with Gasteiger partial charge in [-0.05, 0) is 45.3 Å². The highest BCUT2D eigenvalue weighted by atomic mass is 16.5. The third kappa shape index (κ3) is 2.66. The Bertz CT molecular complexity index is 1220. The van der Waals surface area contributed by atoms with E-state index in [1.807, 2.05) is 18.2 Å². The van der Waals surface area contributed by atoms with Crippen LogP contribution in [0.2, 0.25) is 0 Å². The van der Waals surface area contributed by atoms with Crippen molar-refractivity contribution in [2.24, 2.45) is 0 Å². The van der Waals surface area contributed by atoms with Crippen molar-refractivity contribution in [1.82, 2.24) is 5.16 Å². The summed E-state index contributed by atoms with van der Waals surface area (Å²) in [6, 6.07) is 24.9. The zero-order valence-corrected chi connectivity index (χ0v) is 14.7. The highest BCUT2D eigenvalue weighted by Gasteiger charge is 2.12. The molecule has 0 fully saturated rings. The van der Waals surface area contributed by atoms with Crippen LogP contribution in [0.3, 0.4) is 0 Å². The number of hydrogen-bond acceptors (Lipinski definition) is 4. The first kappa shape index (κ1) is 15.7. The molecule has 4 heteroatoms. The van der Waals surface area contributed by atoms with Crippen LogP contribution in [0.15, 0.2) is 77.3 Å². The zero-order valence-electron chi connectivity index (χ0n) is 14.7. The second kappa shape index (κ2) is 6.32. The first-order valence-corrected chi connectivity index (χ1v) is 8.97. The van der Waals surface area contributed by atoms with Crippen LogP contribution in [0.1, 0.15) is 5.56 Å². The van der Waals surface area contributed by atoms with Gasteiger partial charge in [-0.25, -0.2) is 0 Å². The standard InChI is InChI=1S/C23H18N2O2/c24-23-22-20(10-5-11-21(22)27-25-23)26-13-12-19-17-8-3-1-6-15(17)14-16-7-2-4-9-18(16)19/h1-11,14H,12-13H2,(H2,24,25). The summed E-state index contributed by atoms with van der Waals surface area (Å²) in [6.07, 6.45) is 0.795. The molecule has 1 heterocycles. The Morgan fingerprint density at radius 2 is 1.56 bits per heavy atom. The van der Waals surface area contributed by atoms with E-state index in [0.717, 1.165) is 11.8 Å². The molecule has 0 saturated heterocycles. The number of aromatic nitrogens is 1. The second-order valence-electron chi connectivity index (χ2n) is 6.59. The Labute approximate surface area is 156 Å². The summed E-state index contributed by atoms with van der Waals surface area (Å²) in [5.74, 6) is 1.06. The Balaban J connectivity index is 1.51. The molecule has 0 saturated carbocycles. The van der Waals surface area contributed by atoms with Crippen LogP contribution in [0.5, 0.6) is 5.75 Å². The van der Waals surface area contributed by atoms with Gasteiger partial charge in [0.25, 0.3) is 0 Å². The molecule has 1 aromatic heterocycles. The van der Waals surface area contributed by atoms with Gasteiger partial charge in [-0.1, -0.05) is 59.8 Å². The molecule has 4 aromatic carbocycles. The normalized spacial score (nSPS) is 11.4. The monoisotopic (exact) mass is 354 g/mol. The van der Waals surface area contributed by atoms with Gasteiger partial charge in [0.15, 0.2) is 11.4 Å². The summed E-state index contributed by atoms with van der Waals surface area (Å²) in [7, 11) is 0. The molecule has 0 aliphatic heterocycles. The van der Waals surface area contributed by atoms with Gasteiger partial charge in [-0.15, -0.1) is 0 Å². The predicted octanol–water partition coefficient (Wildman–Crippen LogP) is 5.34. The SMILES string of the molecule is Nc1noc2cccc(OCCc3c4ccccc4cc4ccccc34)c12. The lowest BCUT2D eigenvalue weighted by Crippen LogP contribution is -2.03. The fraction of sp³-hybridized carbons (Fsp3) is 0.0870. The summed E-state index contributed by atoms with van der Waals surface area (Å²) in [5.41, 5.74) is 7.86. The van der Waals surface area contributed by atoms with Crippen molar-refractivity contribution in [2.45, 2.75) is 6.42 Å². The fourth-order valence-corrected chi connectivity index (χ4v) is 3.74. The zero-order chi connectivity index (χ0) is 18.2. The average Bonchev–Trinajstić information content (AvgIpc) is 3.09. The van der Waals surface area contributed by atoms with E-state index in [2.05, 4.69) is 59.8 Å². The molecule has 27 heavy (non-hydrogen) atoms. The topological polar surface area (TPSA) is 61.3 Å². The number of fused-ring (bicyclic) bond motifs is 3. The minimum atomic E-state index is 0.358. The van der Waals surface area contributed by atoms with Crippen molar-refractivity contribution in [2.75, 3.05) is 12.3 Å². The lowest BCUT2D eigenvalue weighted by Gasteiger charge is -2.13. The summed E-state index contributed by atoms with van der Waals surface area (Å²) in [6.45, 7) is 0.543. The quantitative estimate of drug-likeness (QED) is 0.443. The van der Waals surface area contributed by atoms with Crippen molar-refractivity contribution >= 4 is 38.3 Å². The molecule has 2 N–H and O–H groups in total. The molecule has 0 spiro atoms. The summed E-state index contributed by atoms with van der Waals surface area (Å²) in [4.78, 5) is 0. The van der Waals surface area contributed by atoms with Crippen molar-refractivity contribution in [3.8, 4) is 5.75 Å². The van der Waals surface area contributed by atoms with Crippen LogP contribution in [0, 0.1) is 0 Å². The lowest BCUT2D eigenvalue weighted by atomic mass is 9.95. The molecule has 0 bridgehead atoms. The Kier molecular flexibility index (Phi) is 3.68. The van der Waals surface area contributed by atoms with Crippen LogP contribution in [0.25, 0.3) is 32.5 Å². The maximum atomic E-state index is 6.08. The molecule has 0 atom stereocenters. The van der Waals surface area contributed by atoms with Gasteiger partial charge in [-0.2, -0.15) is 0 Å². The molecule has 0 radical (unpaired) electrons. The molecule has 132 valence electrons. The van der Waals surface area contributed by atoms with E-state index in [4.69, 9.17) is 15.0 Å². The molecule has 0 amide bonds. The van der Waals surface area contributed by atoms with Gasteiger partial charge in [0.1, 0.15) is 11.1 Å². The smallest absolute Gasteiger partial charge is 0.178 e. The third-order valence-electron chi connectivity index (χ3n) is 4.98. The highest BCUT2D eigenvalue weighted by Crippen LogP contribution is 2.32. The number of rotatable bonds is 4. The van der Waals surface area contributed by atoms with E-state index >= 15 is 0 Å². The molecule has 4 nitrogen and oxygen atoms in total. The van der Waals surface area contributed by atoms with Crippen LogP contribution in [-0.4, -0.2) is 11.8 Å². The Morgan fingerprint density at radius 1 is 0.852 bits per heavy atom. The van der Waals surface area contributed by atoms with Crippen LogP contribution in [-0.2, 0) is 6.42 Å². The fourth-order valence-electron chi connectivity index (χ4n) is 3.74. The van der Waals surface area contributed by atoms with Crippen LogP contribution in [0.4, 0.5) is 5.82 Å². The van der Waals surface area contributed by atoms with Crippen LogP contribution < -0.4 is 10.5 Å². The number of anilines is 1. The maximum absolute atomic E-state index is 6.08. The van der Waals surface area contributed by atoms with Crippen LogP contribution >= 0.6 is 0 Å². The molecular weight excluding hydrogens is 336 g/mol. The Morgan fingerprint density at radius 3 is 2.30 bits per heavy atom. The van der Waals surface area contributed by atoms with Crippen molar-refractivity contribution in [1.29, 1.82) is 0 Å². The van der Waals surface area contributed by atoms with Gasteiger partial charge in [-0.3, -0.25) is 0 Å². The third-order valence-corrected chi connectivity index (χ3v) is 4.98. The summed E-state index contributed by atoms with van der Waals surface area (Å²) >= 11 is 0. The minimum Gasteiger partial charge on any atom is -0.492 e. The summed E-state index contributed by atoms with van der Waals surface area (Å²) in [5, 5.41) is 9.59. The molecule has 0 aliphatic carbocycles. The predicted molar refractivity (Wildman–Crippen MR) is 109 cm³/mol. The number of hydrogen-bond donors (Lipinski definition) is 1.